The van der Waals surface area contributed by atoms with Crippen molar-refractivity contribution in [1.82, 2.24) is 18.7 Å². The molecule has 5 rings (SSSR count). The predicted octanol–water partition coefficient (Wildman–Crippen LogP) is 1.53. The van der Waals surface area contributed by atoms with E-state index in [1.165, 1.54) is 48.9 Å². The quantitative estimate of drug-likeness (QED) is 0.441. The third-order valence-corrected chi connectivity index (χ3v) is 7.66. The Balaban J connectivity index is 1.48. The monoisotopic (exact) mass is 510 g/mol. The fourth-order valence-corrected chi connectivity index (χ4v) is 5.02. The van der Waals surface area contributed by atoms with Crippen molar-refractivity contribution < 1.29 is 8.42 Å². The second kappa shape index (κ2) is 9.17. The number of anilines is 2. The van der Waals surface area contributed by atoms with E-state index in [1.807, 2.05) is 12.1 Å². The third kappa shape index (κ3) is 5.04. The number of imidazole rings is 1. The van der Waals surface area contributed by atoms with Gasteiger partial charge in [-0.15, -0.1) is 0 Å². The summed E-state index contributed by atoms with van der Waals surface area (Å²) in [5, 5.41) is 6.72. The zero-order valence-corrected chi connectivity index (χ0v) is 21.5. The van der Waals surface area contributed by atoms with Crippen LogP contribution in [0.3, 0.4) is 0 Å². The zero-order valence-electron chi connectivity index (χ0n) is 20.7. The number of aryl methyl sites for hydroxylation is 1. The Labute approximate surface area is 209 Å². The van der Waals surface area contributed by atoms with Crippen LogP contribution in [0.4, 0.5) is 11.4 Å². The highest BCUT2D eigenvalue weighted by molar-refractivity contribution is 7.90. The molecule has 0 radical (unpaired) electrons. The minimum atomic E-state index is -3.70. The van der Waals surface area contributed by atoms with Crippen molar-refractivity contribution >= 4 is 32.4 Å². The fourth-order valence-electron chi connectivity index (χ4n) is 4.18. The van der Waals surface area contributed by atoms with Gasteiger partial charge in [0.15, 0.2) is 11.2 Å². The molecular formula is C25H30N6O4S. The first kappa shape index (κ1) is 24.2. The van der Waals surface area contributed by atoms with Gasteiger partial charge in [0.25, 0.3) is 5.56 Å². The number of hydrogen-bond donors (Lipinski definition) is 2. The lowest BCUT2D eigenvalue weighted by molar-refractivity contribution is 0.586. The maximum atomic E-state index is 12.9. The highest BCUT2D eigenvalue weighted by Crippen LogP contribution is 2.31. The molecule has 0 atom stereocenters. The smallest absolute Gasteiger partial charge is 0.333 e. The zero-order chi connectivity index (χ0) is 25.6. The highest BCUT2D eigenvalue weighted by Gasteiger charge is 2.24. The minimum absolute atomic E-state index is 0.00645. The molecule has 0 saturated heterocycles. The Morgan fingerprint density at radius 1 is 0.972 bits per heavy atom. The van der Waals surface area contributed by atoms with E-state index in [1.54, 1.807) is 0 Å². The molecule has 11 heteroatoms. The molecule has 190 valence electrons. The molecule has 36 heavy (non-hydrogen) atoms. The van der Waals surface area contributed by atoms with Gasteiger partial charge in [0.05, 0.1) is 6.54 Å². The van der Waals surface area contributed by atoms with E-state index in [4.69, 9.17) is 0 Å². The van der Waals surface area contributed by atoms with Crippen LogP contribution in [0.5, 0.6) is 0 Å². The van der Waals surface area contributed by atoms with E-state index in [0.717, 1.165) is 52.7 Å². The van der Waals surface area contributed by atoms with Gasteiger partial charge in [-0.05, 0) is 55.7 Å². The van der Waals surface area contributed by atoms with Gasteiger partial charge in [0, 0.05) is 50.4 Å². The molecule has 2 heterocycles. The van der Waals surface area contributed by atoms with Gasteiger partial charge in [-0.3, -0.25) is 13.9 Å². The number of fused-ring (bicyclic) bond motifs is 1. The molecule has 0 amide bonds. The summed E-state index contributed by atoms with van der Waals surface area (Å²) in [6, 6.07) is 6.07. The molecule has 0 spiro atoms. The summed E-state index contributed by atoms with van der Waals surface area (Å²) >= 11 is 0. The van der Waals surface area contributed by atoms with E-state index >= 15 is 0 Å². The standard InChI is InChI=1S/C25H30N6O4S/c1-29-21-22(28-24(29)36(3,34)35)31(25(33)30(2)23(21)32)10-4-5-18-11-19(26-14-16-6-7-16)13-20(12-18)27-15-17-8-9-17/h11-13,16-17,26-27H,6-10,14-15H2,1-3H3. The number of aromatic nitrogens is 4. The van der Waals surface area contributed by atoms with Gasteiger partial charge in [0.1, 0.15) is 0 Å². The lowest BCUT2D eigenvalue weighted by Crippen LogP contribution is -2.38. The molecule has 1 aromatic carbocycles. The first-order valence-corrected chi connectivity index (χ1v) is 14.0. The topological polar surface area (TPSA) is 120 Å². The van der Waals surface area contributed by atoms with Crippen molar-refractivity contribution in [2.24, 2.45) is 25.9 Å². The van der Waals surface area contributed by atoms with Crippen LogP contribution in [0.2, 0.25) is 0 Å². The van der Waals surface area contributed by atoms with Crippen LogP contribution in [0.1, 0.15) is 31.2 Å². The van der Waals surface area contributed by atoms with E-state index < -0.39 is 21.1 Å². The van der Waals surface area contributed by atoms with Crippen LogP contribution in [0.15, 0.2) is 32.9 Å². The Hall–Kier alpha value is -3.52. The van der Waals surface area contributed by atoms with Crippen LogP contribution in [-0.2, 0) is 30.5 Å². The summed E-state index contributed by atoms with van der Waals surface area (Å²) in [7, 11) is -0.900. The normalized spacial score (nSPS) is 15.5. The summed E-state index contributed by atoms with van der Waals surface area (Å²) < 4.78 is 27.7. The Bertz CT molecular complexity index is 1590. The molecule has 2 fully saturated rings. The molecule has 10 nitrogen and oxygen atoms in total. The molecule has 2 aromatic heterocycles. The predicted molar refractivity (Wildman–Crippen MR) is 139 cm³/mol. The molecule has 3 aromatic rings. The molecular weight excluding hydrogens is 480 g/mol. The minimum Gasteiger partial charge on any atom is -0.385 e. The summed E-state index contributed by atoms with van der Waals surface area (Å²) in [4.78, 5) is 29.7. The van der Waals surface area contributed by atoms with Crippen molar-refractivity contribution in [1.29, 1.82) is 0 Å². The van der Waals surface area contributed by atoms with Crippen molar-refractivity contribution in [3.05, 3.63) is 44.6 Å². The van der Waals surface area contributed by atoms with Gasteiger partial charge in [-0.25, -0.2) is 13.2 Å². The Morgan fingerprint density at radius 2 is 1.56 bits per heavy atom. The van der Waals surface area contributed by atoms with Crippen molar-refractivity contribution in [2.45, 2.75) is 37.4 Å². The second-order valence-corrected chi connectivity index (χ2v) is 11.8. The van der Waals surface area contributed by atoms with Crippen LogP contribution in [-0.4, -0.2) is 46.4 Å². The van der Waals surface area contributed by atoms with E-state index in [2.05, 4.69) is 33.5 Å². The van der Waals surface area contributed by atoms with Crippen LogP contribution in [0, 0.1) is 23.7 Å². The molecule has 0 bridgehead atoms. The number of hydrogen-bond acceptors (Lipinski definition) is 7. The van der Waals surface area contributed by atoms with E-state index in [0.29, 0.717) is 0 Å². The molecule has 2 aliphatic rings. The highest BCUT2D eigenvalue weighted by atomic mass is 32.2. The van der Waals surface area contributed by atoms with Crippen LogP contribution >= 0.6 is 0 Å². The molecule has 2 aliphatic carbocycles. The molecule has 2 N–H and O–H groups in total. The summed E-state index contributed by atoms with van der Waals surface area (Å²) in [6.45, 7) is 1.83. The second-order valence-electron chi connectivity index (χ2n) is 9.88. The maximum absolute atomic E-state index is 12.9. The fraction of sp³-hybridized carbons (Fsp3) is 0.480. The molecule has 0 unspecified atom stereocenters. The first-order valence-electron chi connectivity index (χ1n) is 12.1. The Morgan fingerprint density at radius 3 is 2.08 bits per heavy atom. The number of nitrogens with one attached hydrogen (secondary N) is 2. The first-order chi connectivity index (χ1) is 17.1. The van der Waals surface area contributed by atoms with Gasteiger partial charge >= 0.3 is 5.69 Å². The molecule has 0 aliphatic heterocycles. The summed E-state index contributed by atoms with van der Waals surface area (Å²) in [5.74, 6) is 7.61. The lowest BCUT2D eigenvalue weighted by atomic mass is 10.1. The lowest BCUT2D eigenvalue weighted by Gasteiger charge is -2.11. The number of rotatable bonds is 8. The van der Waals surface area contributed by atoms with Crippen LogP contribution in [0.25, 0.3) is 11.2 Å². The largest absolute Gasteiger partial charge is 0.385 e. The average molecular weight is 511 g/mol. The SMILES string of the molecule is Cn1c(=O)c2c(nc(S(C)(=O)=O)n2C)n(CC#Cc2cc(NCC3CC3)cc(NCC3CC3)c2)c1=O. The van der Waals surface area contributed by atoms with E-state index in [-0.39, 0.29) is 22.9 Å². The van der Waals surface area contributed by atoms with Crippen molar-refractivity contribution in [2.75, 3.05) is 30.0 Å². The van der Waals surface area contributed by atoms with Gasteiger partial charge in [-0.1, -0.05) is 11.8 Å². The van der Waals surface area contributed by atoms with E-state index in [9.17, 15) is 18.0 Å². The summed E-state index contributed by atoms with van der Waals surface area (Å²) in [5.41, 5.74) is 1.62. The number of benzene rings is 1. The van der Waals surface area contributed by atoms with Gasteiger partial charge in [0.2, 0.25) is 15.0 Å². The number of sulfone groups is 1. The third-order valence-electron chi connectivity index (χ3n) is 6.63. The van der Waals surface area contributed by atoms with Gasteiger partial charge < -0.3 is 15.2 Å². The van der Waals surface area contributed by atoms with Gasteiger partial charge in [-0.2, -0.15) is 4.98 Å². The summed E-state index contributed by atoms with van der Waals surface area (Å²) in [6.07, 6.45) is 6.06. The molecule has 2 saturated carbocycles. The van der Waals surface area contributed by atoms with Crippen LogP contribution < -0.4 is 21.9 Å². The average Bonchev–Trinajstić information content (AvgIpc) is 3.75. The van der Waals surface area contributed by atoms with Crippen molar-refractivity contribution in [3.63, 3.8) is 0 Å². The number of nitrogens with zero attached hydrogens (tertiary/aromatic N) is 4. The van der Waals surface area contributed by atoms with Crippen molar-refractivity contribution in [3.8, 4) is 11.8 Å². The Kier molecular flexibility index (Phi) is 6.16. The maximum Gasteiger partial charge on any atom is 0.333 e.